The quantitative estimate of drug-likeness (QED) is 0.668. The standard InChI is InChI=1S/C21H26IN3O/c1-2-24-10-12-25(13-11-24)16-19-7-4-3-6-18(19)15-23-21(26)17-8-5-9-20(22)14-17/h3-9,14H,2,10-13,15-16H2,1H3,(H,23,26). The summed E-state index contributed by atoms with van der Waals surface area (Å²) in [7, 11) is 0. The van der Waals surface area contributed by atoms with E-state index in [-0.39, 0.29) is 5.91 Å². The fourth-order valence-corrected chi connectivity index (χ4v) is 3.84. The molecule has 1 saturated heterocycles. The first-order valence-corrected chi connectivity index (χ1v) is 10.3. The number of rotatable bonds is 6. The summed E-state index contributed by atoms with van der Waals surface area (Å²) in [5.74, 6) is -0.0186. The van der Waals surface area contributed by atoms with Gasteiger partial charge in [-0.3, -0.25) is 9.69 Å². The number of amides is 1. The molecule has 1 aliphatic heterocycles. The number of hydrogen-bond acceptors (Lipinski definition) is 3. The lowest BCUT2D eigenvalue weighted by Gasteiger charge is -2.34. The molecular formula is C21H26IN3O. The van der Waals surface area contributed by atoms with Crippen LogP contribution in [0.2, 0.25) is 0 Å². The zero-order valence-electron chi connectivity index (χ0n) is 15.2. The molecule has 5 heteroatoms. The van der Waals surface area contributed by atoms with E-state index in [1.807, 2.05) is 30.3 Å². The molecule has 3 rings (SSSR count). The van der Waals surface area contributed by atoms with E-state index in [9.17, 15) is 4.79 Å². The maximum Gasteiger partial charge on any atom is 0.251 e. The molecule has 2 aromatic rings. The van der Waals surface area contributed by atoms with Crippen LogP contribution >= 0.6 is 22.6 Å². The second kappa shape index (κ2) is 9.48. The summed E-state index contributed by atoms with van der Waals surface area (Å²) in [4.78, 5) is 17.4. The lowest BCUT2D eigenvalue weighted by molar-refractivity contribution is 0.0950. The monoisotopic (exact) mass is 463 g/mol. The molecule has 1 amide bonds. The highest BCUT2D eigenvalue weighted by molar-refractivity contribution is 14.1. The number of carbonyl (C=O) groups excluding carboxylic acids is 1. The van der Waals surface area contributed by atoms with Gasteiger partial charge in [-0.2, -0.15) is 0 Å². The summed E-state index contributed by atoms with van der Waals surface area (Å²) >= 11 is 2.23. The number of hydrogen-bond donors (Lipinski definition) is 1. The van der Waals surface area contributed by atoms with Crippen LogP contribution < -0.4 is 5.32 Å². The van der Waals surface area contributed by atoms with Crippen LogP contribution in [0.15, 0.2) is 48.5 Å². The van der Waals surface area contributed by atoms with Crippen molar-refractivity contribution < 1.29 is 4.79 Å². The van der Waals surface area contributed by atoms with Crippen molar-refractivity contribution in [2.45, 2.75) is 20.0 Å². The number of piperazine rings is 1. The normalized spacial score (nSPS) is 15.8. The summed E-state index contributed by atoms with van der Waals surface area (Å²) < 4.78 is 1.07. The summed E-state index contributed by atoms with van der Waals surface area (Å²) in [6, 6.07) is 16.1. The summed E-state index contributed by atoms with van der Waals surface area (Å²) in [6.45, 7) is 9.37. The first-order valence-electron chi connectivity index (χ1n) is 9.21. The van der Waals surface area contributed by atoms with Crippen LogP contribution in [0.5, 0.6) is 0 Å². The summed E-state index contributed by atoms with van der Waals surface area (Å²) in [5, 5.41) is 3.07. The van der Waals surface area contributed by atoms with Crippen LogP contribution in [0.25, 0.3) is 0 Å². The van der Waals surface area contributed by atoms with Crippen LogP contribution in [-0.4, -0.2) is 48.4 Å². The van der Waals surface area contributed by atoms with Gasteiger partial charge in [-0.05, 0) is 58.5 Å². The van der Waals surface area contributed by atoms with Gasteiger partial charge in [-0.25, -0.2) is 0 Å². The molecule has 0 aliphatic carbocycles. The molecule has 1 fully saturated rings. The van der Waals surface area contributed by atoms with Gasteiger partial charge < -0.3 is 10.2 Å². The number of carbonyl (C=O) groups is 1. The van der Waals surface area contributed by atoms with E-state index in [0.29, 0.717) is 12.1 Å². The molecule has 0 radical (unpaired) electrons. The third kappa shape index (κ3) is 5.28. The summed E-state index contributed by atoms with van der Waals surface area (Å²) in [5.41, 5.74) is 3.22. The molecule has 0 spiro atoms. The van der Waals surface area contributed by atoms with Gasteiger partial charge in [-0.15, -0.1) is 0 Å². The summed E-state index contributed by atoms with van der Waals surface area (Å²) in [6.07, 6.45) is 0. The average Bonchev–Trinajstić information content (AvgIpc) is 2.67. The molecule has 0 atom stereocenters. The Balaban J connectivity index is 1.59. The average molecular weight is 463 g/mol. The minimum Gasteiger partial charge on any atom is -0.348 e. The van der Waals surface area contributed by atoms with E-state index in [2.05, 4.69) is 62.8 Å². The molecular weight excluding hydrogens is 437 g/mol. The second-order valence-corrected chi connectivity index (χ2v) is 7.92. The predicted molar refractivity (Wildman–Crippen MR) is 114 cm³/mol. The van der Waals surface area contributed by atoms with E-state index >= 15 is 0 Å². The van der Waals surface area contributed by atoms with Gasteiger partial charge in [-0.1, -0.05) is 37.3 Å². The Morgan fingerprint density at radius 1 is 1.00 bits per heavy atom. The number of likely N-dealkylation sites (N-methyl/N-ethyl adjacent to an activating group) is 1. The van der Waals surface area contributed by atoms with Gasteiger partial charge in [0.25, 0.3) is 5.91 Å². The van der Waals surface area contributed by atoms with E-state index < -0.39 is 0 Å². The third-order valence-corrected chi connectivity index (χ3v) is 5.62. The van der Waals surface area contributed by atoms with Crippen LogP contribution in [0.1, 0.15) is 28.4 Å². The molecule has 26 heavy (non-hydrogen) atoms. The Labute approximate surface area is 169 Å². The fraction of sp³-hybridized carbons (Fsp3) is 0.381. The first kappa shape index (κ1) is 19.3. The van der Waals surface area contributed by atoms with Gasteiger partial charge in [0.1, 0.15) is 0 Å². The molecule has 4 nitrogen and oxygen atoms in total. The van der Waals surface area contributed by atoms with Crippen LogP contribution in [-0.2, 0) is 13.1 Å². The van der Waals surface area contributed by atoms with Crippen LogP contribution in [0, 0.1) is 3.57 Å². The molecule has 2 aromatic carbocycles. The lowest BCUT2D eigenvalue weighted by Crippen LogP contribution is -2.45. The molecule has 0 unspecified atom stereocenters. The zero-order valence-corrected chi connectivity index (χ0v) is 17.4. The highest BCUT2D eigenvalue weighted by atomic mass is 127. The Hall–Kier alpha value is -1.44. The zero-order chi connectivity index (χ0) is 18.4. The van der Waals surface area contributed by atoms with Crippen molar-refractivity contribution in [2.75, 3.05) is 32.7 Å². The minimum atomic E-state index is -0.0186. The highest BCUT2D eigenvalue weighted by Gasteiger charge is 2.16. The van der Waals surface area contributed by atoms with Crippen molar-refractivity contribution in [1.82, 2.24) is 15.1 Å². The minimum absolute atomic E-state index is 0.0186. The smallest absolute Gasteiger partial charge is 0.251 e. The fourth-order valence-electron chi connectivity index (χ4n) is 3.30. The number of halogens is 1. The molecule has 1 N–H and O–H groups in total. The topological polar surface area (TPSA) is 35.6 Å². The molecule has 1 aliphatic rings. The molecule has 1 heterocycles. The largest absolute Gasteiger partial charge is 0.348 e. The van der Waals surface area contributed by atoms with Crippen molar-refractivity contribution in [3.63, 3.8) is 0 Å². The van der Waals surface area contributed by atoms with Crippen molar-refractivity contribution in [2.24, 2.45) is 0 Å². The van der Waals surface area contributed by atoms with E-state index in [4.69, 9.17) is 0 Å². The van der Waals surface area contributed by atoms with Gasteiger partial charge in [0.05, 0.1) is 0 Å². The lowest BCUT2D eigenvalue weighted by atomic mass is 10.1. The van der Waals surface area contributed by atoms with Crippen LogP contribution in [0.4, 0.5) is 0 Å². The Morgan fingerprint density at radius 3 is 2.38 bits per heavy atom. The Morgan fingerprint density at radius 2 is 1.69 bits per heavy atom. The number of nitrogens with one attached hydrogen (secondary N) is 1. The van der Waals surface area contributed by atoms with E-state index in [1.165, 1.54) is 11.1 Å². The Kier molecular flexibility index (Phi) is 7.05. The number of benzene rings is 2. The molecule has 138 valence electrons. The van der Waals surface area contributed by atoms with Crippen molar-refractivity contribution in [1.29, 1.82) is 0 Å². The molecule has 0 bridgehead atoms. The van der Waals surface area contributed by atoms with Crippen molar-refractivity contribution in [3.05, 3.63) is 68.8 Å². The van der Waals surface area contributed by atoms with Gasteiger partial charge in [0, 0.05) is 48.4 Å². The van der Waals surface area contributed by atoms with Gasteiger partial charge in [0.15, 0.2) is 0 Å². The Bertz CT molecular complexity index is 742. The third-order valence-electron chi connectivity index (χ3n) is 4.95. The number of nitrogens with zero attached hydrogens (tertiary/aromatic N) is 2. The van der Waals surface area contributed by atoms with Crippen LogP contribution in [0.3, 0.4) is 0 Å². The van der Waals surface area contributed by atoms with Gasteiger partial charge in [0.2, 0.25) is 0 Å². The second-order valence-electron chi connectivity index (χ2n) is 6.67. The van der Waals surface area contributed by atoms with E-state index in [1.54, 1.807) is 0 Å². The maximum absolute atomic E-state index is 12.4. The molecule has 0 saturated carbocycles. The maximum atomic E-state index is 12.4. The highest BCUT2D eigenvalue weighted by Crippen LogP contribution is 2.14. The molecule has 0 aromatic heterocycles. The van der Waals surface area contributed by atoms with Crippen molar-refractivity contribution >= 4 is 28.5 Å². The van der Waals surface area contributed by atoms with E-state index in [0.717, 1.165) is 42.8 Å². The van der Waals surface area contributed by atoms with Crippen molar-refractivity contribution in [3.8, 4) is 0 Å². The predicted octanol–water partition coefficient (Wildman–Crippen LogP) is 3.36. The van der Waals surface area contributed by atoms with Gasteiger partial charge >= 0.3 is 0 Å². The SMILES string of the molecule is CCN1CCN(Cc2ccccc2CNC(=O)c2cccc(I)c2)CC1. The first-order chi connectivity index (χ1) is 12.7.